The lowest BCUT2D eigenvalue weighted by molar-refractivity contribution is -0.153. The molecular formula is C21H20Cl2N4O5S2. The summed E-state index contributed by atoms with van der Waals surface area (Å²) in [6.45, 7) is -0.251. The van der Waals surface area contributed by atoms with Crippen LogP contribution in [0.5, 0.6) is 0 Å². The molecule has 1 atom stereocenters. The molecule has 9 nitrogen and oxygen atoms in total. The largest absolute Gasteiger partial charge is 0.454 e. The Morgan fingerprint density at radius 1 is 1.18 bits per heavy atom. The van der Waals surface area contributed by atoms with Crippen molar-refractivity contribution in [3.63, 3.8) is 0 Å². The van der Waals surface area contributed by atoms with E-state index in [1.165, 1.54) is 6.07 Å². The zero-order valence-corrected chi connectivity index (χ0v) is 20.9. The number of amides is 1. The topological polar surface area (TPSA) is 119 Å². The maximum atomic E-state index is 13.4. The molecule has 1 amide bonds. The Labute approximate surface area is 210 Å². The van der Waals surface area contributed by atoms with E-state index < -0.39 is 34.5 Å². The summed E-state index contributed by atoms with van der Waals surface area (Å²) < 4.78 is 41.3. The highest BCUT2D eigenvalue weighted by molar-refractivity contribution is 7.89. The third kappa shape index (κ3) is 5.33. The predicted octanol–water partition coefficient (Wildman–Crippen LogP) is 3.40. The Kier molecular flexibility index (Phi) is 7.68. The fraction of sp³-hybridized carbons (Fsp3) is 0.333. The van der Waals surface area contributed by atoms with Crippen molar-refractivity contribution in [3.05, 3.63) is 52.0 Å². The summed E-state index contributed by atoms with van der Waals surface area (Å²) in [5.41, 5.74) is 1.39. The van der Waals surface area contributed by atoms with Gasteiger partial charge >= 0.3 is 5.97 Å². The van der Waals surface area contributed by atoms with E-state index in [2.05, 4.69) is 14.1 Å². The molecule has 2 aromatic carbocycles. The van der Waals surface area contributed by atoms with Gasteiger partial charge in [0.2, 0.25) is 10.0 Å². The van der Waals surface area contributed by atoms with Gasteiger partial charge in [-0.15, -0.1) is 0 Å². The fourth-order valence-corrected chi connectivity index (χ4v) is 6.56. The number of benzene rings is 2. The number of ether oxygens (including phenoxy) is 1. The average molecular weight is 543 g/mol. The first-order chi connectivity index (χ1) is 16.3. The van der Waals surface area contributed by atoms with Crippen LogP contribution >= 0.6 is 34.9 Å². The smallest absolute Gasteiger partial charge is 0.324 e. The molecule has 34 heavy (non-hydrogen) atoms. The number of carbonyl (C=O) groups is 2. The number of carbonyl (C=O) groups excluding carboxylic acids is 2. The normalized spacial score (nSPS) is 16.9. The van der Waals surface area contributed by atoms with Gasteiger partial charge in [0, 0.05) is 23.1 Å². The molecule has 1 saturated heterocycles. The van der Waals surface area contributed by atoms with Gasteiger partial charge in [0.15, 0.2) is 6.61 Å². The molecule has 1 aliphatic rings. The molecule has 0 bridgehead atoms. The van der Waals surface area contributed by atoms with Crippen molar-refractivity contribution in [2.45, 2.75) is 36.7 Å². The number of nitrogens with zero attached hydrogens (tertiary/aromatic N) is 3. The van der Waals surface area contributed by atoms with Crippen LogP contribution in [0.15, 0.2) is 41.3 Å². The molecule has 1 aliphatic heterocycles. The van der Waals surface area contributed by atoms with Gasteiger partial charge in [-0.1, -0.05) is 35.3 Å². The summed E-state index contributed by atoms with van der Waals surface area (Å²) in [4.78, 5) is 25.0. The quantitative estimate of drug-likeness (QED) is 0.454. The second-order valence-corrected chi connectivity index (χ2v) is 10.9. The van der Waals surface area contributed by atoms with Gasteiger partial charge in [-0.25, -0.2) is 8.42 Å². The summed E-state index contributed by atoms with van der Waals surface area (Å²) >= 11 is 12.9. The second-order valence-electron chi connectivity index (χ2n) is 7.64. The number of rotatable bonds is 7. The van der Waals surface area contributed by atoms with Crippen LogP contribution in [0, 0.1) is 0 Å². The zero-order valence-electron chi connectivity index (χ0n) is 17.7. The number of esters is 1. The Hall–Kier alpha value is -2.31. The van der Waals surface area contributed by atoms with Gasteiger partial charge in [-0.3, -0.25) is 9.59 Å². The summed E-state index contributed by atoms with van der Waals surface area (Å²) in [7, 11) is -4.04. The Balaban J connectivity index is 1.41. The van der Waals surface area contributed by atoms with E-state index in [1.807, 2.05) is 0 Å². The van der Waals surface area contributed by atoms with E-state index in [4.69, 9.17) is 27.9 Å². The minimum atomic E-state index is -4.04. The lowest BCUT2D eigenvalue weighted by atomic mass is 10.1. The van der Waals surface area contributed by atoms with Crippen molar-refractivity contribution in [3.8, 4) is 0 Å². The van der Waals surface area contributed by atoms with Gasteiger partial charge in [0.05, 0.1) is 11.7 Å². The molecule has 1 N–H and O–H groups in total. The molecule has 1 fully saturated rings. The molecule has 0 spiro atoms. The number of nitrogens with one attached hydrogen (secondary N) is 1. The number of fused-ring (bicyclic) bond motifs is 1. The van der Waals surface area contributed by atoms with Gasteiger partial charge in [0.25, 0.3) is 5.91 Å². The van der Waals surface area contributed by atoms with Crippen LogP contribution in [-0.2, 0) is 30.9 Å². The van der Waals surface area contributed by atoms with Gasteiger partial charge in [-0.2, -0.15) is 13.1 Å². The first kappa shape index (κ1) is 24.8. The highest BCUT2D eigenvalue weighted by Gasteiger charge is 2.39. The van der Waals surface area contributed by atoms with E-state index >= 15 is 0 Å². The Morgan fingerprint density at radius 2 is 2.00 bits per heavy atom. The van der Waals surface area contributed by atoms with Crippen LogP contribution in [0.2, 0.25) is 10.0 Å². The van der Waals surface area contributed by atoms with Crippen LogP contribution in [0.1, 0.15) is 24.8 Å². The van der Waals surface area contributed by atoms with Crippen molar-refractivity contribution in [1.82, 2.24) is 18.4 Å². The number of piperidine rings is 1. The SMILES string of the molecule is O=C(COC(=O)C1CCCCN1S(=O)(=O)c1cccc2nsnc12)NCc1ccc(Cl)cc1Cl. The molecule has 180 valence electrons. The fourth-order valence-electron chi connectivity index (χ4n) is 3.69. The van der Waals surface area contributed by atoms with Crippen LogP contribution in [0.25, 0.3) is 11.0 Å². The highest BCUT2D eigenvalue weighted by atomic mass is 35.5. The number of sulfonamides is 1. The number of aromatic nitrogens is 2. The monoisotopic (exact) mass is 542 g/mol. The molecule has 0 saturated carbocycles. The third-order valence-electron chi connectivity index (χ3n) is 5.40. The molecular weight excluding hydrogens is 523 g/mol. The molecule has 4 rings (SSSR count). The molecule has 3 aromatic rings. The van der Waals surface area contributed by atoms with Gasteiger partial charge < -0.3 is 10.1 Å². The van der Waals surface area contributed by atoms with E-state index in [-0.39, 0.29) is 23.5 Å². The van der Waals surface area contributed by atoms with Crippen molar-refractivity contribution in [2.24, 2.45) is 0 Å². The number of hydrogen-bond donors (Lipinski definition) is 1. The van der Waals surface area contributed by atoms with Crippen LogP contribution < -0.4 is 5.32 Å². The summed E-state index contributed by atoms with van der Waals surface area (Å²) in [6.07, 6.45) is 1.57. The zero-order chi connectivity index (χ0) is 24.3. The van der Waals surface area contributed by atoms with E-state index in [9.17, 15) is 18.0 Å². The lowest BCUT2D eigenvalue weighted by Crippen LogP contribution is -2.49. The minimum Gasteiger partial charge on any atom is -0.454 e. The van der Waals surface area contributed by atoms with E-state index in [0.717, 1.165) is 16.0 Å². The maximum Gasteiger partial charge on any atom is 0.324 e. The average Bonchev–Trinajstić information content (AvgIpc) is 3.31. The predicted molar refractivity (Wildman–Crippen MR) is 128 cm³/mol. The minimum absolute atomic E-state index is 0.00367. The first-order valence-corrected chi connectivity index (χ1v) is 13.3. The number of hydrogen-bond acceptors (Lipinski definition) is 8. The van der Waals surface area contributed by atoms with Gasteiger partial charge in [-0.05, 0) is 49.1 Å². The highest BCUT2D eigenvalue weighted by Crippen LogP contribution is 2.30. The standard InChI is InChI=1S/C21H20Cl2N4O5S2/c22-14-8-7-13(15(23)10-14)11-24-19(28)12-32-21(29)17-5-1-2-9-27(17)34(30,31)18-6-3-4-16-20(18)26-33-25-16/h3-4,6-8,10,17H,1-2,5,9,11-12H2,(H,24,28). The summed E-state index contributed by atoms with van der Waals surface area (Å²) in [5.74, 6) is -1.31. The van der Waals surface area contributed by atoms with Crippen molar-refractivity contribution < 1.29 is 22.7 Å². The molecule has 2 heterocycles. The molecule has 1 unspecified atom stereocenters. The van der Waals surface area contributed by atoms with E-state index in [1.54, 1.807) is 30.3 Å². The van der Waals surface area contributed by atoms with Crippen LogP contribution in [-0.4, -0.2) is 52.5 Å². The van der Waals surface area contributed by atoms with Crippen molar-refractivity contribution >= 4 is 67.9 Å². The summed E-state index contributed by atoms with van der Waals surface area (Å²) in [5, 5.41) is 3.49. The molecule has 1 aromatic heterocycles. The third-order valence-corrected chi connectivity index (χ3v) is 8.47. The second kappa shape index (κ2) is 10.5. The first-order valence-electron chi connectivity index (χ1n) is 10.4. The van der Waals surface area contributed by atoms with E-state index in [0.29, 0.717) is 40.4 Å². The van der Waals surface area contributed by atoms with Crippen molar-refractivity contribution in [2.75, 3.05) is 13.2 Å². The lowest BCUT2D eigenvalue weighted by Gasteiger charge is -2.32. The van der Waals surface area contributed by atoms with Crippen LogP contribution in [0.3, 0.4) is 0 Å². The van der Waals surface area contributed by atoms with Crippen LogP contribution in [0.4, 0.5) is 0 Å². The molecule has 13 heteroatoms. The number of halogens is 2. The maximum absolute atomic E-state index is 13.4. The molecule has 0 radical (unpaired) electrons. The Morgan fingerprint density at radius 3 is 2.79 bits per heavy atom. The van der Waals surface area contributed by atoms with Gasteiger partial charge in [0.1, 0.15) is 22.0 Å². The Bertz CT molecular complexity index is 1330. The summed E-state index contributed by atoms with van der Waals surface area (Å²) in [6, 6.07) is 8.58. The molecule has 0 aliphatic carbocycles. The van der Waals surface area contributed by atoms with Crippen molar-refractivity contribution in [1.29, 1.82) is 0 Å².